The molecule has 1 aliphatic rings. The molecular formula is C11H14N2O. The lowest BCUT2D eigenvalue weighted by Gasteiger charge is -2.12. The normalized spacial score (nSPS) is 29.9. The van der Waals surface area contributed by atoms with Crippen molar-refractivity contribution in [3.63, 3.8) is 0 Å². The van der Waals surface area contributed by atoms with Crippen molar-refractivity contribution >= 4 is 5.91 Å². The molecule has 1 aliphatic carbocycles. The Kier molecular flexibility index (Phi) is 2.04. The van der Waals surface area contributed by atoms with E-state index in [-0.39, 0.29) is 11.8 Å². The summed E-state index contributed by atoms with van der Waals surface area (Å²) in [5, 5.41) is 0. The zero-order valence-electron chi connectivity index (χ0n) is 7.94. The molecular weight excluding hydrogens is 176 g/mol. The van der Waals surface area contributed by atoms with Gasteiger partial charge < -0.3 is 11.5 Å². The van der Waals surface area contributed by atoms with E-state index < -0.39 is 5.41 Å². The Bertz CT molecular complexity index is 350. The third kappa shape index (κ3) is 1.13. The molecule has 0 radical (unpaired) electrons. The van der Waals surface area contributed by atoms with Crippen LogP contribution in [-0.4, -0.2) is 12.5 Å². The lowest BCUT2D eigenvalue weighted by atomic mass is 9.92. The molecule has 1 aromatic rings. The van der Waals surface area contributed by atoms with Gasteiger partial charge in [0.15, 0.2) is 0 Å². The first-order chi connectivity index (χ1) is 6.71. The SMILES string of the molecule is NCC1C[C@]1(C(N)=O)c1ccccc1. The molecule has 1 aromatic carbocycles. The summed E-state index contributed by atoms with van der Waals surface area (Å²) < 4.78 is 0. The van der Waals surface area contributed by atoms with Crippen LogP contribution in [0.25, 0.3) is 0 Å². The molecule has 14 heavy (non-hydrogen) atoms. The van der Waals surface area contributed by atoms with Gasteiger partial charge in [-0.25, -0.2) is 0 Å². The Labute approximate surface area is 83.1 Å². The highest BCUT2D eigenvalue weighted by Crippen LogP contribution is 2.53. The Morgan fingerprint density at radius 2 is 2.07 bits per heavy atom. The fourth-order valence-corrected chi connectivity index (χ4v) is 2.15. The molecule has 0 spiro atoms. The third-order valence-electron chi connectivity index (χ3n) is 3.12. The van der Waals surface area contributed by atoms with Gasteiger partial charge in [0.25, 0.3) is 0 Å². The second-order valence-electron chi connectivity index (χ2n) is 3.84. The largest absolute Gasteiger partial charge is 0.369 e. The molecule has 1 unspecified atom stereocenters. The van der Waals surface area contributed by atoms with Gasteiger partial charge in [-0.2, -0.15) is 0 Å². The highest BCUT2D eigenvalue weighted by molar-refractivity contribution is 5.90. The highest BCUT2D eigenvalue weighted by atomic mass is 16.1. The van der Waals surface area contributed by atoms with E-state index in [1.54, 1.807) is 0 Å². The van der Waals surface area contributed by atoms with Gasteiger partial charge in [-0.15, -0.1) is 0 Å². The molecule has 3 nitrogen and oxygen atoms in total. The number of benzene rings is 1. The van der Waals surface area contributed by atoms with Gasteiger partial charge in [0, 0.05) is 0 Å². The Morgan fingerprint density at radius 3 is 2.50 bits per heavy atom. The number of rotatable bonds is 3. The summed E-state index contributed by atoms with van der Waals surface area (Å²) in [5.41, 5.74) is 11.5. The minimum Gasteiger partial charge on any atom is -0.369 e. The number of primary amides is 1. The predicted octanol–water partition coefficient (Wildman–Crippen LogP) is 0.388. The van der Waals surface area contributed by atoms with Gasteiger partial charge in [-0.1, -0.05) is 30.3 Å². The van der Waals surface area contributed by atoms with Crippen molar-refractivity contribution in [3.8, 4) is 0 Å². The quantitative estimate of drug-likeness (QED) is 0.723. The van der Waals surface area contributed by atoms with Crippen LogP contribution in [0.2, 0.25) is 0 Å². The van der Waals surface area contributed by atoms with Gasteiger partial charge in [0.2, 0.25) is 5.91 Å². The zero-order chi connectivity index (χ0) is 10.2. The molecule has 4 N–H and O–H groups in total. The summed E-state index contributed by atoms with van der Waals surface area (Å²) >= 11 is 0. The Hall–Kier alpha value is -1.35. The summed E-state index contributed by atoms with van der Waals surface area (Å²) in [5.74, 6) is -0.0263. The lowest BCUT2D eigenvalue weighted by molar-refractivity contribution is -0.120. The Balaban J connectivity index is 2.36. The van der Waals surface area contributed by atoms with Crippen molar-refractivity contribution in [2.24, 2.45) is 17.4 Å². The number of carbonyl (C=O) groups is 1. The zero-order valence-corrected chi connectivity index (χ0v) is 7.94. The molecule has 0 aliphatic heterocycles. The number of carbonyl (C=O) groups excluding carboxylic acids is 1. The van der Waals surface area contributed by atoms with E-state index in [2.05, 4.69) is 0 Å². The molecule has 2 rings (SSSR count). The number of hydrogen-bond donors (Lipinski definition) is 2. The first-order valence-electron chi connectivity index (χ1n) is 4.77. The van der Waals surface area contributed by atoms with E-state index in [0.29, 0.717) is 6.54 Å². The summed E-state index contributed by atoms with van der Waals surface area (Å²) in [6.45, 7) is 0.526. The van der Waals surface area contributed by atoms with E-state index >= 15 is 0 Å². The summed E-state index contributed by atoms with van der Waals surface area (Å²) in [7, 11) is 0. The average molecular weight is 190 g/mol. The van der Waals surface area contributed by atoms with Crippen LogP contribution in [-0.2, 0) is 10.2 Å². The molecule has 0 aromatic heterocycles. The maximum absolute atomic E-state index is 11.4. The van der Waals surface area contributed by atoms with Crippen molar-refractivity contribution < 1.29 is 4.79 Å². The van der Waals surface area contributed by atoms with E-state index in [4.69, 9.17) is 11.5 Å². The fourth-order valence-electron chi connectivity index (χ4n) is 2.15. The van der Waals surface area contributed by atoms with E-state index in [1.165, 1.54) is 0 Å². The number of nitrogens with two attached hydrogens (primary N) is 2. The first-order valence-corrected chi connectivity index (χ1v) is 4.77. The molecule has 2 atom stereocenters. The van der Waals surface area contributed by atoms with Gasteiger partial charge in [-0.3, -0.25) is 4.79 Å². The molecule has 0 saturated heterocycles. The van der Waals surface area contributed by atoms with Crippen LogP contribution in [0.5, 0.6) is 0 Å². The second-order valence-corrected chi connectivity index (χ2v) is 3.84. The Morgan fingerprint density at radius 1 is 1.43 bits per heavy atom. The van der Waals surface area contributed by atoms with Crippen molar-refractivity contribution in [1.82, 2.24) is 0 Å². The first kappa shape index (κ1) is 9.21. The number of hydrogen-bond acceptors (Lipinski definition) is 2. The molecule has 1 fully saturated rings. The van der Waals surface area contributed by atoms with Gasteiger partial charge in [-0.05, 0) is 24.4 Å². The van der Waals surface area contributed by atoms with Gasteiger partial charge in [0.05, 0.1) is 5.41 Å². The van der Waals surface area contributed by atoms with Crippen molar-refractivity contribution in [3.05, 3.63) is 35.9 Å². The van der Waals surface area contributed by atoms with E-state index in [9.17, 15) is 4.79 Å². The minimum absolute atomic E-state index is 0.224. The molecule has 3 heteroatoms. The summed E-state index contributed by atoms with van der Waals surface area (Å²) in [4.78, 5) is 11.4. The monoisotopic (exact) mass is 190 g/mol. The summed E-state index contributed by atoms with van der Waals surface area (Å²) in [6, 6.07) is 9.66. The maximum Gasteiger partial charge on any atom is 0.228 e. The van der Waals surface area contributed by atoms with Crippen LogP contribution in [0.15, 0.2) is 30.3 Å². The van der Waals surface area contributed by atoms with Crippen molar-refractivity contribution in [2.45, 2.75) is 11.8 Å². The molecule has 0 bridgehead atoms. The third-order valence-corrected chi connectivity index (χ3v) is 3.12. The lowest BCUT2D eigenvalue weighted by Crippen LogP contribution is -2.32. The van der Waals surface area contributed by atoms with Crippen LogP contribution in [0.3, 0.4) is 0 Å². The van der Waals surface area contributed by atoms with E-state index in [0.717, 1.165) is 12.0 Å². The van der Waals surface area contributed by atoms with Gasteiger partial charge >= 0.3 is 0 Å². The topological polar surface area (TPSA) is 69.1 Å². The number of amides is 1. The molecule has 74 valence electrons. The minimum atomic E-state index is -0.476. The highest BCUT2D eigenvalue weighted by Gasteiger charge is 2.59. The molecule has 1 saturated carbocycles. The molecule has 1 amide bonds. The average Bonchev–Trinajstić information content (AvgIpc) is 2.94. The van der Waals surface area contributed by atoms with Crippen LogP contribution >= 0.6 is 0 Å². The van der Waals surface area contributed by atoms with Crippen LogP contribution < -0.4 is 11.5 Å². The smallest absolute Gasteiger partial charge is 0.228 e. The van der Waals surface area contributed by atoms with Crippen LogP contribution in [0.4, 0.5) is 0 Å². The summed E-state index contributed by atoms with van der Waals surface area (Å²) in [6.07, 6.45) is 0.794. The van der Waals surface area contributed by atoms with Crippen LogP contribution in [0, 0.1) is 5.92 Å². The maximum atomic E-state index is 11.4. The molecule has 0 heterocycles. The van der Waals surface area contributed by atoms with Crippen molar-refractivity contribution in [2.75, 3.05) is 6.54 Å². The standard InChI is InChI=1S/C11H14N2O/c12-7-9-6-11(9,10(13)14)8-4-2-1-3-5-8/h1-5,9H,6-7,12H2,(H2,13,14)/t9?,11-/m0/s1. The second kappa shape index (κ2) is 3.10. The van der Waals surface area contributed by atoms with Crippen LogP contribution in [0.1, 0.15) is 12.0 Å². The van der Waals surface area contributed by atoms with Gasteiger partial charge in [0.1, 0.15) is 0 Å². The fraction of sp³-hybridized carbons (Fsp3) is 0.364. The van der Waals surface area contributed by atoms with E-state index in [1.807, 2.05) is 30.3 Å². The van der Waals surface area contributed by atoms with Crippen molar-refractivity contribution in [1.29, 1.82) is 0 Å². The predicted molar refractivity (Wildman–Crippen MR) is 54.5 cm³/mol.